The zero-order valence-electron chi connectivity index (χ0n) is 11.2. The number of nitrogens with zero attached hydrogens (tertiary/aromatic N) is 3. The van der Waals surface area contributed by atoms with E-state index in [1.54, 1.807) is 22.8 Å². The number of ether oxygens (including phenoxy) is 1. The smallest absolute Gasteiger partial charge is 0.409 e. The first-order valence-corrected chi connectivity index (χ1v) is 6.34. The molecule has 0 unspecified atom stereocenters. The van der Waals surface area contributed by atoms with Gasteiger partial charge in [0.05, 0.1) is 6.61 Å². The normalized spacial score (nSPS) is 15.5. The molecule has 0 bridgehead atoms. The Labute approximate surface area is 111 Å². The number of rotatable bonds is 2. The zero-order valence-corrected chi connectivity index (χ0v) is 11.2. The average Bonchev–Trinajstić information content (AvgIpc) is 2.85. The van der Waals surface area contributed by atoms with E-state index in [1.165, 1.54) is 0 Å². The van der Waals surface area contributed by atoms with Gasteiger partial charge in [0.15, 0.2) is 0 Å². The molecule has 2 heterocycles. The van der Waals surface area contributed by atoms with Gasteiger partial charge >= 0.3 is 6.09 Å². The van der Waals surface area contributed by atoms with E-state index in [1.807, 2.05) is 6.92 Å². The van der Waals surface area contributed by atoms with Crippen molar-refractivity contribution in [2.75, 3.05) is 32.8 Å². The number of carbonyl (C=O) groups is 2. The molecule has 0 atom stereocenters. The monoisotopic (exact) mass is 266 g/mol. The van der Waals surface area contributed by atoms with Gasteiger partial charge in [-0.2, -0.15) is 5.10 Å². The molecule has 0 spiro atoms. The van der Waals surface area contributed by atoms with Crippen LogP contribution in [0.1, 0.15) is 23.1 Å². The van der Waals surface area contributed by atoms with Gasteiger partial charge in [-0.3, -0.25) is 9.89 Å². The molecule has 1 aromatic heterocycles. The largest absolute Gasteiger partial charge is 0.450 e. The van der Waals surface area contributed by atoms with E-state index in [0.29, 0.717) is 38.5 Å². The van der Waals surface area contributed by atoms with Crippen LogP contribution in [0.25, 0.3) is 0 Å². The van der Waals surface area contributed by atoms with E-state index < -0.39 is 0 Å². The van der Waals surface area contributed by atoms with Crippen molar-refractivity contribution in [2.45, 2.75) is 13.8 Å². The lowest BCUT2D eigenvalue weighted by Gasteiger charge is -2.33. The maximum absolute atomic E-state index is 12.1. The summed E-state index contributed by atoms with van der Waals surface area (Å²) in [5, 5.41) is 6.70. The van der Waals surface area contributed by atoms with Crippen LogP contribution in [0.4, 0.5) is 4.79 Å². The molecule has 0 saturated carbocycles. The summed E-state index contributed by atoms with van der Waals surface area (Å²) in [7, 11) is 0. The van der Waals surface area contributed by atoms with Crippen molar-refractivity contribution < 1.29 is 14.3 Å². The molecule has 7 nitrogen and oxygen atoms in total. The third kappa shape index (κ3) is 3.04. The van der Waals surface area contributed by atoms with Crippen LogP contribution in [-0.4, -0.2) is 64.8 Å². The highest BCUT2D eigenvalue weighted by atomic mass is 16.6. The maximum Gasteiger partial charge on any atom is 0.409 e. The number of nitrogens with one attached hydrogen (secondary N) is 1. The minimum atomic E-state index is -0.315. The predicted octanol–water partition coefficient (Wildman–Crippen LogP) is 0.632. The second kappa shape index (κ2) is 5.73. The molecule has 2 amide bonds. The van der Waals surface area contributed by atoms with Crippen LogP contribution in [0.5, 0.6) is 0 Å². The molecule has 7 heteroatoms. The third-order valence-corrected chi connectivity index (χ3v) is 3.02. The number of aryl methyl sites for hydroxylation is 1. The summed E-state index contributed by atoms with van der Waals surface area (Å²) >= 11 is 0. The van der Waals surface area contributed by atoms with E-state index in [4.69, 9.17) is 4.74 Å². The molecule has 0 aromatic carbocycles. The number of piperazine rings is 1. The molecule has 19 heavy (non-hydrogen) atoms. The second-order valence-corrected chi connectivity index (χ2v) is 4.41. The summed E-state index contributed by atoms with van der Waals surface area (Å²) in [6.45, 7) is 5.99. The molecule has 1 saturated heterocycles. The summed E-state index contributed by atoms with van der Waals surface area (Å²) in [6.07, 6.45) is -0.315. The molecule has 1 aliphatic rings. The van der Waals surface area contributed by atoms with Gasteiger partial charge in [0, 0.05) is 31.9 Å². The second-order valence-electron chi connectivity index (χ2n) is 4.41. The topological polar surface area (TPSA) is 78.5 Å². The van der Waals surface area contributed by atoms with Crippen LogP contribution >= 0.6 is 0 Å². The van der Waals surface area contributed by atoms with E-state index in [-0.39, 0.29) is 12.0 Å². The third-order valence-electron chi connectivity index (χ3n) is 3.02. The highest BCUT2D eigenvalue weighted by Gasteiger charge is 2.26. The fourth-order valence-electron chi connectivity index (χ4n) is 2.00. The molecule has 0 radical (unpaired) electrons. The standard InChI is InChI=1S/C12H18N4O3/c1-3-19-12(18)16-6-4-15(5-7-16)11(17)10-8-9(2)13-14-10/h8H,3-7H2,1-2H3,(H,13,14). The van der Waals surface area contributed by atoms with Gasteiger partial charge in [-0.1, -0.05) is 0 Å². The average molecular weight is 266 g/mol. The molecule has 0 aliphatic carbocycles. The maximum atomic E-state index is 12.1. The molecular formula is C12H18N4O3. The molecule has 1 fully saturated rings. The van der Waals surface area contributed by atoms with E-state index in [0.717, 1.165) is 5.69 Å². The van der Waals surface area contributed by atoms with Crippen molar-refractivity contribution in [3.05, 3.63) is 17.5 Å². The van der Waals surface area contributed by atoms with Crippen LogP contribution in [0.3, 0.4) is 0 Å². The Morgan fingerprint density at radius 1 is 1.32 bits per heavy atom. The van der Waals surface area contributed by atoms with Gasteiger partial charge in [-0.15, -0.1) is 0 Å². The van der Waals surface area contributed by atoms with E-state index in [2.05, 4.69) is 10.2 Å². The predicted molar refractivity (Wildman–Crippen MR) is 67.8 cm³/mol. The first-order chi connectivity index (χ1) is 9.11. The SMILES string of the molecule is CCOC(=O)N1CCN(C(=O)c2cc(C)[nH]n2)CC1. The van der Waals surface area contributed by atoms with Crippen molar-refractivity contribution in [3.63, 3.8) is 0 Å². The highest BCUT2D eigenvalue weighted by molar-refractivity contribution is 5.92. The minimum Gasteiger partial charge on any atom is -0.450 e. The van der Waals surface area contributed by atoms with Crippen molar-refractivity contribution in [3.8, 4) is 0 Å². The number of amides is 2. The Morgan fingerprint density at radius 2 is 1.95 bits per heavy atom. The number of hydrogen-bond donors (Lipinski definition) is 1. The first kappa shape index (κ1) is 13.4. The van der Waals surface area contributed by atoms with E-state index >= 15 is 0 Å². The summed E-state index contributed by atoms with van der Waals surface area (Å²) in [6, 6.07) is 1.72. The number of aromatic amines is 1. The van der Waals surface area contributed by atoms with Gasteiger partial charge in [0.25, 0.3) is 5.91 Å². The lowest BCUT2D eigenvalue weighted by molar-refractivity contribution is 0.0566. The number of carbonyl (C=O) groups excluding carboxylic acids is 2. The van der Waals surface area contributed by atoms with Crippen molar-refractivity contribution in [2.24, 2.45) is 0 Å². The van der Waals surface area contributed by atoms with Crippen molar-refractivity contribution in [1.29, 1.82) is 0 Å². The Bertz CT molecular complexity index is 463. The Morgan fingerprint density at radius 3 is 2.47 bits per heavy atom. The molecule has 2 rings (SSSR count). The Balaban J connectivity index is 1.89. The number of aromatic nitrogens is 2. The van der Waals surface area contributed by atoms with Gasteiger partial charge in [-0.25, -0.2) is 4.79 Å². The van der Waals surface area contributed by atoms with Crippen LogP contribution in [0.15, 0.2) is 6.07 Å². The van der Waals surface area contributed by atoms with Gasteiger partial charge < -0.3 is 14.5 Å². The first-order valence-electron chi connectivity index (χ1n) is 6.34. The lowest BCUT2D eigenvalue weighted by Crippen LogP contribution is -2.50. The molecule has 1 N–H and O–H groups in total. The fourth-order valence-corrected chi connectivity index (χ4v) is 2.00. The zero-order chi connectivity index (χ0) is 13.8. The van der Waals surface area contributed by atoms with Gasteiger partial charge in [0.1, 0.15) is 5.69 Å². The summed E-state index contributed by atoms with van der Waals surface area (Å²) in [5.74, 6) is -0.104. The summed E-state index contributed by atoms with van der Waals surface area (Å²) < 4.78 is 4.93. The van der Waals surface area contributed by atoms with Gasteiger partial charge in [0.2, 0.25) is 0 Å². The van der Waals surface area contributed by atoms with Crippen molar-refractivity contribution in [1.82, 2.24) is 20.0 Å². The number of H-pyrrole nitrogens is 1. The highest BCUT2D eigenvalue weighted by Crippen LogP contribution is 2.08. The lowest BCUT2D eigenvalue weighted by atomic mass is 10.2. The quantitative estimate of drug-likeness (QED) is 0.851. The van der Waals surface area contributed by atoms with Gasteiger partial charge in [-0.05, 0) is 19.9 Å². The summed E-state index contributed by atoms with van der Waals surface area (Å²) in [5.41, 5.74) is 1.27. The molecule has 104 valence electrons. The van der Waals surface area contributed by atoms with Crippen molar-refractivity contribution >= 4 is 12.0 Å². The molecule has 1 aromatic rings. The number of hydrogen-bond acceptors (Lipinski definition) is 4. The molecule has 1 aliphatic heterocycles. The summed E-state index contributed by atoms with van der Waals surface area (Å²) in [4.78, 5) is 27.0. The molecular weight excluding hydrogens is 248 g/mol. The van der Waals surface area contributed by atoms with Crippen LogP contribution in [0.2, 0.25) is 0 Å². The minimum absolute atomic E-state index is 0.104. The Kier molecular flexibility index (Phi) is 4.03. The fraction of sp³-hybridized carbons (Fsp3) is 0.583. The van der Waals surface area contributed by atoms with E-state index in [9.17, 15) is 9.59 Å². The van der Waals surface area contributed by atoms with Crippen LogP contribution in [-0.2, 0) is 4.74 Å². The van der Waals surface area contributed by atoms with Crippen LogP contribution in [0, 0.1) is 6.92 Å². The van der Waals surface area contributed by atoms with Crippen LogP contribution < -0.4 is 0 Å². The Hall–Kier alpha value is -2.05.